The van der Waals surface area contributed by atoms with Crippen LogP contribution in [-0.4, -0.2) is 60.5 Å². The van der Waals surface area contributed by atoms with E-state index in [0.717, 1.165) is 5.56 Å². The van der Waals surface area contributed by atoms with Crippen LogP contribution in [0.2, 0.25) is 0 Å². The number of likely N-dealkylation sites (N-methyl/N-ethyl adjacent to an activating group) is 1. The Kier molecular flexibility index (Phi) is 3.75. The quantitative estimate of drug-likeness (QED) is 0.755. The number of rotatable bonds is 2. The lowest BCUT2D eigenvalue weighted by Crippen LogP contribution is -2.51. The SMILES string of the molecule is CN1C(=O)CO[C@H]2CN(C(=O)C=Cc3ccccc3)C[C@@H]21. The summed E-state index contributed by atoms with van der Waals surface area (Å²) in [7, 11) is 1.77. The Labute approximate surface area is 123 Å². The van der Waals surface area contributed by atoms with Gasteiger partial charge in [0.2, 0.25) is 11.8 Å². The van der Waals surface area contributed by atoms with Crippen molar-refractivity contribution in [3.05, 3.63) is 42.0 Å². The molecule has 5 nitrogen and oxygen atoms in total. The van der Waals surface area contributed by atoms with E-state index in [0.29, 0.717) is 13.1 Å². The van der Waals surface area contributed by atoms with E-state index >= 15 is 0 Å². The molecular weight excluding hydrogens is 268 g/mol. The first-order chi connectivity index (χ1) is 10.1. The molecule has 0 spiro atoms. The monoisotopic (exact) mass is 286 g/mol. The summed E-state index contributed by atoms with van der Waals surface area (Å²) in [6, 6.07) is 9.67. The van der Waals surface area contributed by atoms with Gasteiger partial charge in [0.05, 0.1) is 12.1 Å². The van der Waals surface area contributed by atoms with Crippen molar-refractivity contribution in [1.82, 2.24) is 9.80 Å². The van der Waals surface area contributed by atoms with E-state index in [2.05, 4.69) is 0 Å². The third-order valence-electron chi connectivity index (χ3n) is 4.08. The fraction of sp³-hybridized carbons (Fsp3) is 0.375. The number of ether oxygens (including phenoxy) is 1. The Morgan fingerprint density at radius 3 is 2.81 bits per heavy atom. The molecule has 0 radical (unpaired) electrons. The first kappa shape index (κ1) is 13.8. The number of likely N-dealkylation sites (tertiary alicyclic amines) is 1. The van der Waals surface area contributed by atoms with Crippen LogP contribution in [0.25, 0.3) is 6.08 Å². The van der Waals surface area contributed by atoms with Crippen LogP contribution in [-0.2, 0) is 14.3 Å². The summed E-state index contributed by atoms with van der Waals surface area (Å²) < 4.78 is 5.52. The van der Waals surface area contributed by atoms with Crippen LogP contribution in [0, 0.1) is 0 Å². The fourth-order valence-corrected chi connectivity index (χ4v) is 2.77. The Morgan fingerprint density at radius 2 is 2.05 bits per heavy atom. The van der Waals surface area contributed by atoms with Gasteiger partial charge >= 0.3 is 0 Å². The van der Waals surface area contributed by atoms with E-state index in [1.165, 1.54) is 0 Å². The highest BCUT2D eigenvalue weighted by Gasteiger charge is 2.42. The summed E-state index contributed by atoms with van der Waals surface area (Å²) in [5, 5.41) is 0. The summed E-state index contributed by atoms with van der Waals surface area (Å²) in [4.78, 5) is 27.3. The first-order valence-electron chi connectivity index (χ1n) is 7.04. The lowest BCUT2D eigenvalue weighted by molar-refractivity contribution is -0.150. The number of hydrogen-bond acceptors (Lipinski definition) is 3. The smallest absolute Gasteiger partial charge is 0.248 e. The van der Waals surface area contributed by atoms with Crippen molar-refractivity contribution >= 4 is 17.9 Å². The highest BCUT2D eigenvalue weighted by Crippen LogP contribution is 2.22. The molecular formula is C16H18N2O3. The van der Waals surface area contributed by atoms with Crippen molar-refractivity contribution in [2.75, 3.05) is 26.7 Å². The number of carbonyl (C=O) groups excluding carboxylic acids is 2. The van der Waals surface area contributed by atoms with E-state index < -0.39 is 0 Å². The molecule has 0 aromatic heterocycles. The van der Waals surface area contributed by atoms with E-state index in [4.69, 9.17) is 4.74 Å². The number of hydrogen-bond donors (Lipinski definition) is 0. The van der Waals surface area contributed by atoms with Gasteiger partial charge in [-0.05, 0) is 11.6 Å². The molecule has 0 unspecified atom stereocenters. The van der Waals surface area contributed by atoms with Crippen molar-refractivity contribution in [3.63, 3.8) is 0 Å². The highest BCUT2D eigenvalue weighted by molar-refractivity contribution is 5.92. The number of benzene rings is 1. The van der Waals surface area contributed by atoms with Crippen LogP contribution in [0.3, 0.4) is 0 Å². The van der Waals surface area contributed by atoms with Crippen LogP contribution in [0.5, 0.6) is 0 Å². The van der Waals surface area contributed by atoms with Crippen molar-refractivity contribution in [1.29, 1.82) is 0 Å². The minimum absolute atomic E-state index is 0.0228. The zero-order valence-electron chi connectivity index (χ0n) is 11.9. The van der Waals surface area contributed by atoms with Gasteiger partial charge in [0.15, 0.2) is 0 Å². The van der Waals surface area contributed by atoms with Crippen LogP contribution in [0.1, 0.15) is 5.56 Å². The maximum atomic E-state index is 12.2. The van der Waals surface area contributed by atoms with Gasteiger partial charge in [-0.3, -0.25) is 9.59 Å². The normalized spacial score (nSPS) is 25.5. The van der Waals surface area contributed by atoms with Gasteiger partial charge in [-0.25, -0.2) is 0 Å². The van der Waals surface area contributed by atoms with Gasteiger partial charge in [0, 0.05) is 26.2 Å². The molecule has 2 heterocycles. The summed E-state index contributed by atoms with van der Waals surface area (Å²) >= 11 is 0. The second-order valence-corrected chi connectivity index (χ2v) is 5.41. The summed E-state index contributed by atoms with van der Waals surface area (Å²) in [5.74, 6) is -0.0666. The fourth-order valence-electron chi connectivity index (χ4n) is 2.77. The zero-order chi connectivity index (χ0) is 14.8. The molecule has 2 atom stereocenters. The molecule has 2 saturated heterocycles. The molecule has 2 aliphatic heterocycles. The van der Waals surface area contributed by atoms with E-state index in [9.17, 15) is 9.59 Å². The summed E-state index contributed by atoms with van der Waals surface area (Å²) in [5.41, 5.74) is 0.992. The standard InChI is InChI=1S/C16H18N2O3/c1-17-13-9-18(10-14(13)21-11-16(17)20)15(19)8-7-12-5-3-2-4-6-12/h2-8,13-14H,9-11H2,1H3/t13-,14-/m0/s1. The maximum absolute atomic E-state index is 12.2. The van der Waals surface area contributed by atoms with Crippen molar-refractivity contribution in [3.8, 4) is 0 Å². The Balaban J connectivity index is 1.65. The number of carbonyl (C=O) groups is 2. The molecule has 2 amide bonds. The minimum atomic E-state index is -0.0678. The summed E-state index contributed by atoms with van der Waals surface area (Å²) in [6.45, 7) is 1.19. The Bertz CT molecular complexity index is 570. The minimum Gasteiger partial charge on any atom is -0.364 e. The average Bonchev–Trinajstić information content (AvgIpc) is 2.95. The predicted octanol–water partition coefficient (Wildman–Crippen LogP) is 0.768. The van der Waals surface area contributed by atoms with Gasteiger partial charge in [-0.2, -0.15) is 0 Å². The molecule has 110 valence electrons. The van der Waals surface area contributed by atoms with Gasteiger partial charge < -0.3 is 14.5 Å². The van der Waals surface area contributed by atoms with Crippen LogP contribution in [0.4, 0.5) is 0 Å². The molecule has 0 aliphatic carbocycles. The van der Waals surface area contributed by atoms with Crippen molar-refractivity contribution in [2.24, 2.45) is 0 Å². The molecule has 2 fully saturated rings. The van der Waals surface area contributed by atoms with Gasteiger partial charge in [0.25, 0.3) is 0 Å². The van der Waals surface area contributed by atoms with Crippen molar-refractivity contribution in [2.45, 2.75) is 12.1 Å². The number of nitrogens with zero attached hydrogens (tertiary/aromatic N) is 2. The van der Waals surface area contributed by atoms with Gasteiger partial charge in [-0.15, -0.1) is 0 Å². The van der Waals surface area contributed by atoms with Gasteiger partial charge in [-0.1, -0.05) is 30.3 Å². The van der Waals surface area contributed by atoms with Crippen LogP contribution < -0.4 is 0 Å². The van der Waals surface area contributed by atoms with Crippen LogP contribution in [0.15, 0.2) is 36.4 Å². The average molecular weight is 286 g/mol. The van der Waals surface area contributed by atoms with Crippen molar-refractivity contribution < 1.29 is 14.3 Å². The summed E-state index contributed by atoms with van der Waals surface area (Å²) in [6.07, 6.45) is 3.32. The van der Waals surface area contributed by atoms with E-state index in [1.807, 2.05) is 30.3 Å². The lowest BCUT2D eigenvalue weighted by atomic mass is 10.1. The third-order valence-corrected chi connectivity index (χ3v) is 4.08. The molecule has 1 aromatic rings. The number of morpholine rings is 1. The van der Waals surface area contributed by atoms with E-state index in [1.54, 1.807) is 29.0 Å². The van der Waals surface area contributed by atoms with Gasteiger partial charge in [0.1, 0.15) is 6.61 Å². The second kappa shape index (κ2) is 5.69. The third kappa shape index (κ3) is 2.83. The highest BCUT2D eigenvalue weighted by atomic mass is 16.5. The topological polar surface area (TPSA) is 49.9 Å². The molecule has 0 bridgehead atoms. The predicted molar refractivity (Wildman–Crippen MR) is 78.4 cm³/mol. The first-order valence-corrected chi connectivity index (χ1v) is 7.04. The second-order valence-electron chi connectivity index (χ2n) is 5.41. The molecule has 2 aliphatic rings. The molecule has 0 saturated carbocycles. The number of amides is 2. The Morgan fingerprint density at radius 1 is 1.29 bits per heavy atom. The largest absolute Gasteiger partial charge is 0.364 e. The number of fused-ring (bicyclic) bond motifs is 1. The zero-order valence-corrected chi connectivity index (χ0v) is 11.9. The molecule has 21 heavy (non-hydrogen) atoms. The van der Waals surface area contributed by atoms with E-state index in [-0.39, 0.29) is 30.6 Å². The Hall–Kier alpha value is -2.14. The lowest BCUT2D eigenvalue weighted by Gasteiger charge is -2.33. The molecule has 3 rings (SSSR count). The van der Waals surface area contributed by atoms with Crippen LogP contribution >= 0.6 is 0 Å². The molecule has 5 heteroatoms. The molecule has 0 N–H and O–H groups in total. The molecule has 1 aromatic carbocycles. The maximum Gasteiger partial charge on any atom is 0.248 e.